The number of hydrogen-bond donors (Lipinski definition) is 2. The zero-order chi connectivity index (χ0) is 13.7. The predicted octanol–water partition coefficient (Wildman–Crippen LogP) is 0.733. The van der Waals surface area contributed by atoms with E-state index in [2.05, 4.69) is 4.74 Å². The number of phenolic OH excluding ortho intramolecular Hbond substituents is 2. The molecule has 0 fully saturated rings. The van der Waals surface area contributed by atoms with Gasteiger partial charge in [-0.25, -0.2) is 0 Å². The largest absolute Gasteiger partial charge is 0.507 e. The summed E-state index contributed by atoms with van der Waals surface area (Å²) < 4.78 is 4.47. The van der Waals surface area contributed by atoms with Crippen LogP contribution in [0.3, 0.4) is 0 Å². The number of carbonyl (C=O) groups is 2. The number of ether oxygens (including phenoxy) is 1. The maximum absolute atomic E-state index is 12.1. The van der Waals surface area contributed by atoms with Gasteiger partial charge in [0, 0.05) is 6.54 Å². The highest BCUT2D eigenvalue weighted by Gasteiger charge is 2.23. The number of carbonyl (C=O) groups excluding carboxylic acids is 2. The Balaban J connectivity index is 3.00. The summed E-state index contributed by atoms with van der Waals surface area (Å²) >= 11 is 0. The van der Waals surface area contributed by atoms with Gasteiger partial charge in [-0.15, -0.1) is 0 Å². The molecule has 0 aliphatic heterocycles. The number of rotatable bonds is 4. The molecule has 98 valence electrons. The lowest BCUT2D eigenvalue weighted by Gasteiger charge is -2.20. The highest BCUT2D eigenvalue weighted by Crippen LogP contribution is 2.27. The lowest BCUT2D eigenvalue weighted by Crippen LogP contribution is -2.36. The summed E-state index contributed by atoms with van der Waals surface area (Å²) in [5, 5.41) is 19.1. The van der Waals surface area contributed by atoms with Gasteiger partial charge in [0.1, 0.15) is 23.6 Å². The number of amides is 1. The van der Waals surface area contributed by atoms with Crippen LogP contribution in [0.15, 0.2) is 18.2 Å². The third-order valence-electron chi connectivity index (χ3n) is 2.45. The topological polar surface area (TPSA) is 87.1 Å². The summed E-state index contributed by atoms with van der Waals surface area (Å²) in [6.07, 6.45) is 0. The molecule has 0 radical (unpaired) electrons. The summed E-state index contributed by atoms with van der Waals surface area (Å²) in [6.45, 7) is 1.69. The number of benzene rings is 1. The Morgan fingerprint density at radius 3 is 2.28 bits per heavy atom. The number of hydrogen-bond acceptors (Lipinski definition) is 5. The quantitative estimate of drug-likeness (QED) is 0.772. The van der Waals surface area contributed by atoms with Crippen molar-refractivity contribution in [2.75, 3.05) is 20.2 Å². The van der Waals surface area contributed by atoms with Crippen LogP contribution in [0.25, 0.3) is 0 Å². The molecular formula is C12H15NO5. The van der Waals surface area contributed by atoms with Gasteiger partial charge < -0.3 is 19.8 Å². The van der Waals surface area contributed by atoms with Crippen LogP contribution in [0.1, 0.15) is 17.3 Å². The van der Waals surface area contributed by atoms with Crippen LogP contribution in [0.2, 0.25) is 0 Å². The molecule has 0 aliphatic rings. The average molecular weight is 253 g/mol. The maximum atomic E-state index is 12.1. The first-order valence-electron chi connectivity index (χ1n) is 5.38. The molecule has 0 atom stereocenters. The van der Waals surface area contributed by atoms with Crippen LogP contribution < -0.4 is 0 Å². The van der Waals surface area contributed by atoms with E-state index in [0.717, 1.165) is 0 Å². The first-order chi connectivity index (χ1) is 8.51. The molecule has 6 heteroatoms. The number of phenols is 2. The second-order valence-corrected chi connectivity index (χ2v) is 3.57. The summed E-state index contributed by atoms with van der Waals surface area (Å²) in [6, 6.07) is 4.00. The molecule has 0 saturated heterocycles. The van der Waals surface area contributed by atoms with Gasteiger partial charge in [0.05, 0.1) is 7.11 Å². The minimum atomic E-state index is -0.626. The third kappa shape index (κ3) is 2.91. The lowest BCUT2D eigenvalue weighted by molar-refractivity contribution is -0.141. The van der Waals surface area contributed by atoms with E-state index in [0.29, 0.717) is 0 Å². The molecule has 0 aliphatic carbocycles. The van der Waals surface area contributed by atoms with E-state index in [4.69, 9.17) is 0 Å². The molecule has 0 bridgehead atoms. The molecule has 1 aromatic carbocycles. The van der Waals surface area contributed by atoms with E-state index < -0.39 is 11.9 Å². The van der Waals surface area contributed by atoms with Crippen LogP contribution in [0.5, 0.6) is 11.5 Å². The van der Waals surface area contributed by atoms with Crippen molar-refractivity contribution in [2.45, 2.75) is 6.92 Å². The van der Waals surface area contributed by atoms with E-state index in [-0.39, 0.29) is 30.2 Å². The second-order valence-electron chi connectivity index (χ2n) is 3.57. The minimum Gasteiger partial charge on any atom is -0.507 e. The molecule has 18 heavy (non-hydrogen) atoms. The number of likely N-dealkylation sites (N-methyl/N-ethyl adjacent to an activating group) is 1. The molecular weight excluding hydrogens is 238 g/mol. The Labute approximate surface area is 104 Å². The molecule has 0 heterocycles. The number of esters is 1. The molecule has 1 rings (SSSR count). The summed E-state index contributed by atoms with van der Waals surface area (Å²) in [5.74, 6) is -1.86. The van der Waals surface area contributed by atoms with Crippen LogP contribution in [0.4, 0.5) is 0 Å². The molecule has 0 unspecified atom stereocenters. The van der Waals surface area contributed by atoms with Crippen LogP contribution in [0, 0.1) is 0 Å². The predicted molar refractivity (Wildman–Crippen MR) is 63.4 cm³/mol. The fraction of sp³-hybridized carbons (Fsp3) is 0.333. The van der Waals surface area contributed by atoms with Crippen LogP contribution in [-0.2, 0) is 9.53 Å². The highest BCUT2D eigenvalue weighted by molar-refractivity contribution is 6.00. The van der Waals surface area contributed by atoms with Crippen molar-refractivity contribution in [2.24, 2.45) is 0 Å². The van der Waals surface area contributed by atoms with Crippen molar-refractivity contribution in [1.82, 2.24) is 4.90 Å². The minimum absolute atomic E-state index is 0.219. The highest BCUT2D eigenvalue weighted by atomic mass is 16.5. The van der Waals surface area contributed by atoms with Crippen molar-refractivity contribution in [3.63, 3.8) is 0 Å². The monoisotopic (exact) mass is 253 g/mol. The zero-order valence-corrected chi connectivity index (χ0v) is 10.2. The van der Waals surface area contributed by atoms with Gasteiger partial charge in [-0.3, -0.25) is 9.59 Å². The standard InChI is InChI=1S/C12H15NO5/c1-3-13(7-10(16)18-2)12(17)11-8(14)5-4-6-9(11)15/h4-6,14-15H,3,7H2,1-2H3. The van der Waals surface area contributed by atoms with Crippen molar-refractivity contribution >= 4 is 11.9 Å². The summed E-state index contributed by atoms with van der Waals surface area (Å²) in [4.78, 5) is 24.4. The summed E-state index contributed by atoms with van der Waals surface area (Å²) in [7, 11) is 1.22. The fourth-order valence-electron chi connectivity index (χ4n) is 1.45. The van der Waals surface area contributed by atoms with E-state index in [1.807, 2.05) is 0 Å². The van der Waals surface area contributed by atoms with Crippen LogP contribution >= 0.6 is 0 Å². The molecule has 0 aromatic heterocycles. The van der Waals surface area contributed by atoms with E-state index in [1.165, 1.54) is 30.2 Å². The number of methoxy groups -OCH3 is 1. The molecule has 1 amide bonds. The van der Waals surface area contributed by atoms with Gasteiger partial charge >= 0.3 is 5.97 Å². The van der Waals surface area contributed by atoms with Crippen LogP contribution in [-0.4, -0.2) is 47.2 Å². The van der Waals surface area contributed by atoms with Crippen molar-refractivity contribution in [3.8, 4) is 11.5 Å². The Hall–Kier alpha value is -2.24. The third-order valence-corrected chi connectivity index (χ3v) is 2.45. The molecule has 0 spiro atoms. The first kappa shape index (κ1) is 13.8. The van der Waals surface area contributed by atoms with E-state index in [9.17, 15) is 19.8 Å². The Bertz CT molecular complexity index is 438. The average Bonchev–Trinajstić information content (AvgIpc) is 2.35. The second kappa shape index (κ2) is 5.90. The van der Waals surface area contributed by atoms with Gasteiger partial charge in [-0.2, -0.15) is 0 Å². The smallest absolute Gasteiger partial charge is 0.325 e. The first-order valence-corrected chi connectivity index (χ1v) is 5.38. The summed E-state index contributed by atoms with van der Waals surface area (Å²) in [5.41, 5.74) is -0.219. The van der Waals surface area contributed by atoms with Gasteiger partial charge in [-0.05, 0) is 19.1 Å². The van der Waals surface area contributed by atoms with Gasteiger partial charge in [0.15, 0.2) is 0 Å². The molecule has 1 aromatic rings. The van der Waals surface area contributed by atoms with E-state index in [1.54, 1.807) is 6.92 Å². The number of aromatic hydroxyl groups is 2. The van der Waals surface area contributed by atoms with Crippen molar-refractivity contribution in [3.05, 3.63) is 23.8 Å². The normalized spacial score (nSPS) is 9.89. The Morgan fingerprint density at radius 1 is 1.28 bits per heavy atom. The fourth-order valence-corrected chi connectivity index (χ4v) is 1.45. The lowest BCUT2D eigenvalue weighted by atomic mass is 10.1. The van der Waals surface area contributed by atoms with Gasteiger partial charge in [-0.1, -0.05) is 6.07 Å². The van der Waals surface area contributed by atoms with E-state index >= 15 is 0 Å². The SMILES string of the molecule is CCN(CC(=O)OC)C(=O)c1c(O)cccc1O. The Morgan fingerprint density at radius 2 is 1.83 bits per heavy atom. The zero-order valence-electron chi connectivity index (χ0n) is 10.2. The maximum Gasteiger partial charge on any atom is 0.325 e. The number of nitrogens with zero attached hydrogens (tertiary/aromatic N) is 1. The van der Waals surface area contributed by atoms with Gasteiger partial charge in [0.25, 0.3) is 5.91 Å². The molecule has 6 nitrogen and oxygen atoms in total. The van der Waals surface area contributed by atoms with Gasteiger partial charge in [0.2, 0.25) is 0 Å². The molecule has 2 N–H and O–H groups in total. The van der Waals surface area contributed by atoms with Crippen molar-refractivity contribution in [1.29, 1.82) is 0 Å². The Kier molecular flexibility index (Phi) is 4.53. The molecule has 0 saturated carbocycles. The van der Waals surface area contributed by atoms with Crippen molar-refractivity contribution < 1.29 is 24.5 Å².